The maximum atomic E-state index is 13.2. The molecule has 5 saturated heterocycles. The first-order valence-electron chi connectivity index (χ1n) is 11.8. The van der Waals surface area contributed by atoms with Gasteiger partial charge in [0, 0.05) is 77.4 Å². The summed E-state index contributed by atoms with van der Waals surface area (Å²) in [6.07, 6.45) is 5.53. The largest absolute Gasteiger partial charge is 0.381 e. The number of piperazine rings is 1. The molecule has 2 bridgehead atoms. The number of hydrogen-bond acceptors (Lipinski definition) is 4. The first kappa shape index (κ1) is 20.1. The second-order valence-corrected chi connectivity index (χ2v) is 9.75. The number of amides is 4. The SMILES string of the molecule is O=C(C1CCOCC1)N1CCN(C(=O)N2CC3CC(C2)[C@H]2CCCC(=O)N2C3)CC1. The second-order valence-electron chi connectivity index (χ2n) is 9.75. The highest BCUT2D eigenvalue weighted by atomic mass is 16.5. The van der Waals surface area contributed by atoms with Gasteiger partial charge in [0.1, 0.15) is 0 Å². The van der Waals surface area contributed by atoms with E-state index in [9.17, 15) is 14.4 Å². The van der Waals surface area contributed by atoms with Crippen LogP contribution in [0.2, 0.25) is 0 Å². The maximum absolute atomic E-state index is 13.2. The van der Waals surface area contributed by atoms with E-state index in [1.54, 1.807) is 0 Å². The molecular weight excluding hydrogens is 384 g/mol. The molecule has 5 heterocycles. The van der Waals surface area contributed by atoms with Crippen molar-refractivity contribution in [2.24, 2.45) is 17.8 Å². The number of ether oxygens (including phenoxy) is 1. The van der Waals surface area contributed by atoms with E-state index >= 15 is 0 Å². The molecule has 2 unspecified atom stereocenters. The van der Waals surface area contributed by atoms with Crippen LogP contribution in [-0.2, 0) is 14.3 Å². The van der Waals surface area contributed by atoms with Crippen LogP contribution in [0.4, 0.5) is 4.79 Å². The average molecular weight is 419 g/mol. The number of hydrogen-bond donors (Lipinski definition) is 0. The van der Waals surface area contributed by atoms with Crippen LogP contribution in [0.1, 0.15) is 38.5 Å². The highest BCUT2D eigenvalue weighted by Gasteiger charge is 2.45. The zero-order valence-electron chi connectivity index (χ0n) is 17.8. The van der Waals surface area contributed by atoms with Gasteiger partial charge in [-0.05, 0) is 43.9 Å². The Morgan fingerprint density at radius 2 is 1.60 bits per heavy atom. The van der Waals surface area contributed by atoms with Crippen LogP contribution in [0.25, 0.3) is 0 Å². The van der Waals surface area contributed by atoms with Crippen molar-refractivity contribution in [3.63, 3.8) is 0 Å². The van der Waals surface area contributed by atoms with Gasteiger partial charge in [-0.1, -0.05) is 0 Å². The van der Waals surface area contributed by atoms with Crippen molar-refractivity contribution in [3.05, 3.63) is 0 Å². The first-order valence-corrected chi connectivity index (χ1v) is 11.8. The number of urea groups is 1. The smallest absolute Gasteiger partial charge is 0.320 e. The molecule has 0 N–H and O–H groups in total. The fourth-order valence-electron chi connectivity index (χ4n) is 6.29. The number of nitrogens with zero attached hydrogens (tertiary/aromatic N) is 4. The lowest BCUT2D eigenvalue weighted by Crippen LogP contribution is -2.63. The zero-order valence-corrected chi connectivity index (χ0v) is 17.8. The maximum Gasteiger partial charge on any atom is 0.320 e. The van der Waals surface area contributed by atoms with Gasteiger partial charge in [-0.15, -0.1) is 0 Å². The third-order valence-electron chi connectivity index (χ3n) is 7.88. The van der Waals surface area contributed by atoms with Crippen LogP contribution in [-0.4, -0.2) is 103 Å². The molecule has 0 aromatic heterocycles. The molecule has 5 rings (SSSR count). The molecule has 4 amide bonds. The Balaban J connectivity index is 1.16. The predicted molar refractivity (Wildman–Crippen MR) is 110 cm³/mol. The highest BCUT2D eigenvalue weighted by molar-refractivity contribution is 5.80. The van der Waals surface area contributed by atoms with Crippen LogP contribution in [0.5, 0.6) is 0 Å². The van der Waals surface area contributed by atoms with Crippen molar-refractivity contribution >= 4 is 17.8 Å². The molecule has 166 valence electrons. The Hall–Kier alpha value is -1.83. The molecule has 8 heteroatoms. The monoisotopic (exact) mass is 418 g/mol. The predicted octanol–water partition coefficient (Wildman–Crippen LogP) is 1.01. The number of fused-ring (bicyclic) bond motifs is 4. The van der Waals surface area contributed by atoms with Crippen LogP contribution in [0.3, 0.4) is 0 Å². The van der Waals surface area contributed by atoms with Gasteiger partial charge in [-0.25, -0.2) is 4.79 Å². The van der Waals surface area contributed by atoms with Crippen LogP contribution >= 0.6 is 0 Å². The van der Waals surface area contributed by atoms with Crippen molar-refractivity contribution in [1.82, 2.24) is 19.6 Å². The summed E-state index contributed by atoms with van der Waals surface area (Å²) in [4.78, 5) is 46.3. The van der Waals surface area contributed by atoms with E-state index in [0.717, 1.165) is 51.7 Å². The Kier molecular flexibility index (Phi) is 5.60. The van der Waals surface area contributed by atoms with E-state index in [1.807, 2.05) is 14.7 Å². The summed E-state index contributed by atoms with van der Waals surface area (Å²) in [5.74, 6) is 1.46. The minimum atomic E-state index is 0.0867. The van der Waals surface area contributed by atoms with Crippen molar-refractivity contribution in [1.29, 1.82) is 0 Å². The lowest BCUT2D eigenvalue weighted by Gasteiger charge is -2.53. The molecule has 0 saturated carbocycles. The van der Waals surface area contributed by atoms with Crippen molar-refractivity contribution in [2.75, 3.05) is 59.0 Å². The third kappa shape index (κ3) is 3.79. The van der Waals surface area contributed by atoms with Crippen molar-refractivity contribution in [2.45, 2.75) is 44.6 Å². The van der Waals surface area contributed by atoms with E-state index in [1.165, 1.54) is 0 Å². The number of carbonyl (C=O) groups excluding carboxylic acids is 3. The molecule has 8 nitrogen and oxygen atoms in total. The van der Waals surface area contributed by atoms with E-state index < -0.39 is 0 Å². The molecular formula is C22H34N4O4. The third-order valence-corrected chi connectivity index (χ3v) is 7.88. The van der Waals surface area contributed by atoms with Crippen LogP contribution in [0, 0.1) is 17.8 Å². The molecule has 0 radical (unpaired) electrons. The molecule has 30 heavy (non-hydrogen) atoms. The average Bonchev–Trinajstić information content (AvgIpc) is 2.79. The topological polar surface area (TPSA) is 73.4 Å². The quantitative estimate of drug-likeness (QED) is 0.637. The summed E-state index contributed by atoms with van der Waals surface area (Å²) in [6, 6.07) is 0.450. The van der Waals surface area contributed by atoms with E-state index in [0.29, 0.717) is 69.6 Å². The zero-order chi connectivity index (χ0) is 20.7. The fraction of sp³-hybridized carbons (Fsp3) is 0.864. The summed E-state index contributed by atoms with van der Waals surface area (Å²) in [5, 5.41) is 0. The van der Waals surface area contributed by atoms with E-state index in [4.69, 9.17) is 4.74 Å². The summed E-state index contributed by atoms with van der Waals surface area (Å²) < 4.78 is 5.37. The van der Waals surface area contributed by atoms with Crippen LogP contribution < -0.4 is 0 Å². The van der Waals surface area contributed by atoms with Gasteiger partial charge in [0.15, 0.2) is 0 Å². The van der Waals surface area contributed by atoms with Gasteiger partial charge >= 0.3 is 6.03 Å². The summed E-state index contributed by atoms with van der Waals surface area (Å²) in [6.45, 7) is 6.20. The molecule has 5 fully saturated rings. The Bertz CT molecular complexity index is 687. The number of likely N-dealkylation sites (tertiary alicyclic amines) is 1. The molecule has 5 aliphatic heterocycles. The highest BCUT2D eigenvalue weighted by Crippen LogP contribution is 2.38. The first-order chi connectivity index (χ1) is 14.6. The Labute approximate surface area is 178 Å². The second kappa shape index (κ2) is 8.36. The van der Waals surface area contributed by atoms with Gasteiger partial charge in [0.05, 0.1) is 0 Å². The van der Waals surface area contributed by atoms with Crippen molar-refractivity contribution in [3.8, 4) is 0 Å². The minimum absolute atomic E-state index is 0.0867. The fourth-order valence-corrected chi connectivity index (χ4v) is 6.29. The number of piperidine rings is 3. The standard InChI is InChI=1S/C22H34N4O4/c27-20-3-1-2-19-18-12-16(14-26(19)20)13-25(15-18)22(29)24-8-6-23(7-9-24)21(28)17-4-10-30-11-5-17/h16-19H,1-15H2/t16?,18?,19-/m1/s1. The molecule has 0 aromatic carbocycles. The van der Waals surface area contributed by atoms with Gasteiger partial charge in [-0.2, -0.15) is 0 Å². The van der Waals surface area contributed by atoms with Crippen LogP contribution in [0.15, 0.2) is 0 Å². The van der Waals surface area contributed by atoms with Gasteiger partial charge in [0.25, 0.3) is 0 Å². The minimum Gasteiger partial charge on any atom is -0.381 e. The molecule has 3 atom stereocenters. The lowest BCUT2D eigenvalue weighted by atomic mass is 9.76. The van der Waals surface area contributed by atoms with E-state index in [2.05, 4.69) is 4.90 Å². The van der Waals surface area contributed by atoms with Gasteiger partial charge < -0.3 is 24.3 Å². The van der Waals surface area contributed by atoms with E-state index in [-0.39, 0.29) is 17.9 Å². The number of carbonyl (C=O) groups is 3. The summed E-state index contributed by atoms with van der Waals surface area (Å²) in [5.41, 5.74) is 0. The molecule has 0 aromatic rings. The Morgan fingerprint density at radius 3 is 2.37 bits per heavy atom. The molecule has 0 aliphatic carbocycles. The molecule has 0 spiro atoms. The lowest BCUT2D eigenvalue weighted by molar-refractivity contribution is -0.144. The summed E-state index contributed by atoms with van der Waals surface area (Å²) >= 11 is 0. The molecule has 5 aliphatic rings. The summed E-state index contributed by atoms with van der Waals surface area (Å²) in [7, 11) is 0. The number of rotatable bonds is 1. The van der Waals surface area contributed by atoms with Crippen molar-refractivity contribution < 1.29 is 19.1 Å². The van der Waals surface area contributed by atoms with Gasteiger partial charge in [0.2, 0.25) is 11.8 Å². The normalized spacial score (nSPS) is 32.8. The van der Waals surface area contributed by atoms with Gasteiger partial charge in [-0.3, -0.25) is 9.59 Å². The Morgan fingerprint density at radius 1 is 0.867 bits per heavy atom.